The molecule has 4 N–H and O–H groups in total. The third kappa shape index (κ3) is 1.61. The van der Waals surface area contributed by atoms with Crippen molar-refractivity contribution >= 4 is 32.3 Å². The molecule has 0 fully saturated rings. The Labute approximate surface area is 137 Å². The Morgan fingerprint density at radius 2 is 1.25 bits per heavy atom. The molecule has 0 bridgehead atoms. The molecule has 0 aromatic heterocycles. The standard InChI is InChI=1S/C20H16O4/c21-17-13-8-11-5-4-9-2-1-3-10-6-7-12(15(11)14(9)10)16(13)18(22)20(24)19(17)23/h1-8,17-24H/t17-,18-,19+,20-/m1/s1. The molecule has 0 aliphatic heterocycles. The van der Waals surface area contributed by atoms with Crippen molar-refractivity contribution in [2.45, 2.75) is 24.4 Å². The van der Waals surface area contributed by atoms with E-state index in [1.807, 2.05) is 48.5 Å². The molecule has 4 nitrogen and oxygen atoms in total. The van der Waals surface area contributed by atoms with Gasteiger partial charge in [-0.3, -0.25) is 0 Å². The SMILES string of the molecule is O[C@@H]1[C@H](O)[C@H](O)c2c(cc3ccc4cccc5ccc2c3c45)[C@H]1O. The second-order valence-electron chi connectivity index (χ2n) is 6.61. The molecule has 4 aromatic rings. The molecule has 0 spiro atoms. The summed E-state index contributed by atoms with van der Waals surface area (Å²) in [6, 6.07) is 15.8. The van der Waals surface area contributed by atoms with E-state index >= 15 is 0 Å². The van der Waals surface area contributed by atoms with Crippen LogP contribution < -0.4 is 0 Å². The maximum Gasteiger partial charge on any atom is 0.113 e. The fraction of sp³-hybridized carbons (Fsp3) is 0.200. The Hall–Kier alpha value is -2.24. The van der Waals surface area contributed by atoms with Crippen LogP contribution in [0.1, 0.15) is 23.3 Å². The first kappa shape index (κ1) is 14.1. The summed E-state index contributed by atoms with van der Waals surface area (Å²) in [5.41, 5.74) is 0.984. The molecular formula is C20H16O4. The van der Waals surface area contributed by atoms with Gasteiger partial charge in [-0.05, 0) is 49.5 Å². The van der Waals surface area contributed by atoms with Crippen molar-refractivity contribution in [3.8, 4) is 0 Å². The number of rotatable bonds is 0. The zero-order chi connectivity index (χ0) is 16.6. The van der Waals surface area contributed by atoms with E-state index in [1.165, 1.54) is 0 Å². The van der Waals surface area contributed by atoms with Crippen LogP contribution in [0, 0.1) is 0 Å². The van der Waals surface area contributed by atoms with Crippen LogP contribution in [-0.4, -0.2) is 32.6 Å². The number of hydrogen-bond acceptors (Lipinski definition) is 4. The smallest absolute Gasteiger partial charge is 0.113 e. The van der Waals surface area contributed by atoms with Crippen LogP contribution >= 0.6 is 0 Å². The Morgan fingerprint density at radius 3 is 2.00 bits per heavy atom. The van der Waals surface area contributed by atoms with E-state index in [2.05, 4.69) is 0 Å². The van der Waals surface area contributed by atoms with E-state index in [0.717, 1.165) is 32.3 Å². The lowest BCUT2D eigenvalue weighted by atomic mass is 9.78. The maximum atomic E-state index is 10.5. The Kier molecular flexibility index (Phi) is 2.74. The van der Waals surface area contributed by atoms with Gasteiger partial charge < -0.3 is 20.4 Å². The summed E-state index contributed by atoms with van der Waals surface area (Å²) < 4.78 is 0. The zero-order valence-electron chi connectivity index (χ0n) is 12.7. The third-order valence-corrected chi connectivity index (χ3v) is 5.33. The Bertz CT molecular complexity index is 1070. The van der Waals surface area contributed by atoms with Crippen molar-refractivity contribution in [3.05, 3.63) is 59.7 Å². The van der Waals surface area contributed by atoms with Crippen molar-refractivity contribution < 1.29 is 20.4 Å². The van der Waals surface area contributed by atoms with Crippen LogP contribution in [0.15, 0.2) is 48.5 Å². The minimum atomic E-state index is -1.41. The highest BCUT2D eigenvalue weighted by Gasteiger charge is 2.41. The second kappa shape index (κ2) is 4.65. The van der Waals surface area contributed by atoms with Crippen molar-refractivity contribution in [3.63, 3.8) is 0 Å². The lowest BCUT2D eigenvalue weighted by Crippen LogP contribution is -2.41. The van der Waals surface area contributed by atoms with Crippen LogP contribution in [0.3, 0.4) is 0 Å². The Balaban J connectivity index is 2.01. The third-order valence-electron chi connectivity index (χ3n) is 5.33. The van der Waals surface area contributed by atoms with Gasteiger partial charge in [-0.2, -0.15) is 0 Å². The molecule has 0 saturated carbocycles. The van der Waals surface area contributed by atoms with E-state index in [-0.39, 0.29) is 0 Å². The predicted octanol–water partition coefficient (Wildman–Crippen LogP) is 2.39. The minimum Gasteiger partial charge on any atom is -0.387 e. The summed E-state index contributed by atoms with van der Waals surface area (Å²) >= 11 is 0. The molecule has 1 aliphatic carbocycles. The highest BCUT2D eigenvalue weighted by atomic mass is 16.4. The number of aliphatic hydroxyl groups is 4. The summed E-state index contributed by atoms with van der Waals surface area (Å²) in [6.07, 6.45) is -5.27. The fourth-order valence-corrected chi connectivity index (χ4v) is 4.16. The fourth-order valence-electron chi connectivity index (χ4n) is 4.16. The van der Waals surface area contributed by atoms with Crippen molar-refractivity contribution in [2.24, 2.45) is 0 Å². The monoisotopic (exact) mass is 320 g/mol. The van der Waals surface area contributed by atoms with E-state index in [4.69, 9.17) is 0 Å². The average Bonchev–Trinajstić information content (AvgIpc) is 2.62. The van der Waals surface area contributed by atoms with Crippen molar-refractivity contribution in [1.82, 2.24) is 0 Å². The topological polar surface area (TPSA) is 80.9 Å². The normalized spacial score (nSPS) is 27.2. The van der Waals surface area contributed by atoms with Crippen LogP contribution in [-0.2, 0) is 0 Å². The largest absolute Gasteiger partial charge is 0.387 e. The van der Waals surface area contributed by atoms with Gasteiger partial charge in [-0.15, -0.1) is 0 Å². The molecule has 0 heterocycles. The predicted molar refractivity (Wildman–Crippen MR) is 92.1 cm³/mol. The van der Waals surface area contributed by atoms with Gasteiger partial charge >= 0.3 is 0 Å². The van der Waals surface area contributed by atoms with Crippen LogP contribution in [0.4, 0.5) is 0 Å². The summed E-state index contributed by atoms with van der Waals surface area (Å²) in [7, 11) is 0. The van der Waals surface area contributed by atoms with E-state index in [0.29, 0.717) is 11.1 Å². The van der Waals surface area contributed by atoms with Crippen LogP contribution in [0.5, 0.6) is 0 Å². The quantitative estimate of drug-likeness (QED) is 0.375. The van der Waals surface area contributed by atoms with Gasteiger partial charge in [0.1, 0.15) is 24.4 Å². The number of fused-ring (bicyclic) bond motifs is 2. The zero-order valence-corrected chi connectivity index (χ0v) is 12.7. The molecule has 24 heavy (non-hydrogen) atoms. The average molecular weight is 320 g/mol. The first-order chi connectivity index (χ1) is 11.6. The van der Waals surface area contributed by atoms with E-state index < -0.39 is 24.4 Å². The minimum absolute atomic E-state index is 0.478. The molecule has 0 unspecified atom stereocenters. The van der Waals surface area contributed by atoms with Crippen LogP contribution in [0.25, 0.3) is 32.3 Å². The second-order valence-corrected chi connectivity index (χ2v) is 6.61. The molecule has 5 rings (SSSR count). The van der Waals surface area contributed by atoms with Gasteiger partial charge in [0.2, 0.25) is 0 Å². The highest BCUT2D eigenvalue weighted by molar-refractivity contribution is 6.23. The summed E-state index contributed by atoms with van der Waals surface area (Å²) in [6.45, 7) is 0. The molecular weight excluding hydrogens is 304 g/mol. The molecule has 0 radical (unpaired) electrons. The molecule has 4 aromatic carbocycles. The van der Waals surface area contributed by atoms with Crippen LogP contribution in [0.2, 0.25) is 0 Å². The lowest BCUT2D eigenvalue weighted by molar-refractivity contribution is -0.119. The summed E-state index contributed by atoms with van der Waals surface area (Å²) in [5.74, 6) is 0. The number of hydrogen-bond donors (Lipinski definition) is 4. The number of benzene rings is 4. The van der Waals surface area contributed by atoms with E-state index in [9.17, 15) is 20.4 Å². The number of aliphatic hydroxyl groups excluding tert-OH is 4. The lowest BCUT2D eigenvalue weighted by Gasteiger charge is -2.35. The first-order valence-electron chi connectivity index (χ1n) is 8.00. The van der Waals surface area contributed by atoms with Gasteiger partial charge in [-0.25, -0.2) is 0 Å². The van der Waals surface area contributed by atoms with Crippen molar-refractivity contribution in [1.29, 1.82) is 0 Å². The molecule has 4 heteroatoms. The first-order valence-corrected chi connectivity index (χ1v) is 8.00. The van der Waals surface area contributed by atoms with Gasteiger partial charge in [0.25, 0.3) is 0 Å². The molecule has 0 saturated heterocycles. The van der Waals surface area contributed by atoms with Gasteiger partial charge in [-0.1, -0.05) is 42.5 Å². The summed E-state index contributed by atoms with van der Waals surface area (Å²) in [4.78, 5) is 0. The Morgan fingerprint density at radius 1 is 0.625 bits per heavy atom. The molecule has 120 valence electrons. The molecule has 0 amide bonds. The van der Waals surface area contributed by atoms with Gasteiger partial charge in [0.15, 0.2) is 0 Å². The van der Waals surface area contributed by atoms with Gasteiger partial charge in [0.05, 0.1) is 0 Å². The molecule has 4 atom stereocenters. The molecule has 1 aliphatic rings. The van der Waals surface area contributed by atoms with E-state index in [1.54, 1.807) is 0 Å². The van der Waals surface area contributed by atoms with Gasteiger partial charge in [0, 0.05) is 0 Å². The van der Waals surface area contributed by atoms with Crippen molar-refractivity contribution in [2.75, 3.05) is 0 Å². The summed E-state index contributed by atoms with van der Waals surface area (Å²) in [5, 5.41) is 47.1. The maximum absolute atomic E-state index is 10.5. The highest BCUT2D eigenvalue weighted by Crippen LogP contribution is 2.45.